The molecule has 3 fully saturated rings. The summed E-state index contributed by atoms with van der Waals surface area (Å²) in [5, 5.41) is 16.5. The minimum absolute atomic E-state index is 0.0386. The molecule has 9 heteroatoms. The number of rotatable bonds is 5. The van der Waals surface area contributed by atoms with Crippen LogP contribution in [0.15, 0.2) is 18.2 Å². The van der Waals surface area contributed by atoms with E-state index < -0.39 is 11.9 Å². The van der Waals surface area contributed by atoms with Crippen molar-refractivity contribution in [2.75, 3.05) is 24.5 Å². The first-order valence-corrected chi connectivity index (χ1v) is 10.8. The summed E-state index contributed by atoms with van der Waals surface area (Å²) in [5.74, 6) is 0.0313. The number of anilines is 1. The maximum Gasteiger partial charge on any atom is 0.243 e. The molecule has 3 aliphatic rings. The fourth-order valence-electron chi connectivity index (χ4n) is 4.60. The summed E-state index contributed by atoms with van der Waals surface area (Å²) in [6, 6.07) is 5.60. The Hall–Kier alpha value is -1.54. The molecule has 4 rings (SSSR count). The molecule has 0 aromatic heterocycles. The number of nitrogens with zero attached hydrogens (tertiary/aromatic N) is 2. The van der Waals surface area contributed by atoms with Gasteiger partial charge in [-0.15, -0.1) is 0 Å². The van der Waals surface area contributed by atoms with Gasteiger partial charge >= 0.3 is 0 Å². The van der Waals surface area contributed by atoms with Crippen molar-refractivity contribution in [1.82, 2.24) is 15.5 Å². The highest BCUT2D eigenvalue weighted by Gasteiger charge is 2.55. The van der Waals surface area contributed by atoms with Gasteiger partial charge in [0.1, 0.15) is 5.54 Å². The summed E-state index contributed by atoms with van der Waals surface area (Å²) in [7, 11) is 0. The van der Waals surface area contributed by atoms with Crippen LogP contribution in [0.1, 0.15) is 32.6 Å². The van der Waals surface area contributed by atoms with Gasteiger partial charge in [0.25, 0.3) is 0 Å². The van der Waals surface area contributed by atoms with Crippen molar-refractivity contribution in [2.24, 2.45) is 5.92 Å². The fraction of sp³-hybridized carbons (Fsp3) is 0.600. The van der Waals surface area contributed by atoms with Crippen molar-refractivity contribution in [1.29, 1.82) is 0 Å². The number of aliphatic hydroxyl groups is 1. The molecule has 1 aromatic carbocycles. The first-order chi connectivity index (χ1) is 13.8. The standard InChI is InChI=1S/C20H26Cl2N4O3/c1-12-11-25(6-7-26(12)16-9-14(21)8-15(22)10-16)17(27)4-5-20(13-2-3-13)18(28)23-19(29)24-20/h8-10,12-13,19,24,29H,2-7,11H2,1H3,(H,23,28)/t12-,19?,20-/m0/s1. The van der Waals surface area contributed by atoms with Gasteiger partial charge in [-0.3, -0.25) is 14.9 Å². The van der Waals surface area contributed by atoms with E-state index >= 15 is 0 Å². The van der Waals surface area contributed by atoms with Crippen LogP contribution in [0.5, 0.6) is 0 Å². The number of halogens is 2. The molecule has 0 radical (unpaired) electrons. The Labute approximate surface area is 180 Å². The van der Waals surface area contributed by atoms with E-state index in [2.05, 4.69) is 22.5 Å². The van der Waals surface area contributed by atoms with E-state index in [0.717, 1.165) is 18.5 Å². The summed E-state index contributed by atoms with van der Waals surface area (Å²) in [6.07, 6.45) is 1.53. The van der Waals surface area contributed by atoms with Gasteiger partial charge in [-0.25, -0.2) is 0 Å². The average molecular weight is 441 g/mol. The SMILES string of the molecule is C[C@H]1CN(C(=O)CC[C@@]2(C3CC3)NC(O)NC2=O)CCN1c1cc(Cl)cc(Cl)c1. The van der Waals surface area contributed by atoms with E-state index in [4.69, 9.17) is 23.2 Å². The molecule has 1 aromatic rings. The molecule has 7 nitrogen and oxygen atoms in total. The molecule has 158 valence electrons. The molecule has 2 amide bonds. The van der Waals surface area contributed by atoms with Crippen molar-refractivity contribution in [3.8, 4) is 0 Å². The van der Waals surface area contributed by atoms with Crippen LogP contribution >= 0.6 is 23.2 Å². The lowest BCUT2D eigenvalue weighted by Gasteiger charge is -2.41. The lowest BCUT2D eigenvalue weighted by molar-refractivity contribution is -0.133. The molecule has 29 heavy (non-hydrogen) atoms. The predicted molar refractivity (Wildman–Crippen MR) is 112 cm³/mol. The zero-order chi connectivity index (χ0) is 20.8. The van der Waals surface area contributed by atoms with Crippen LogP contribution in [0.4, 0.5) is 5.69 Å². The normalized spacial score (nSPS) is 29.9. The van der Waals surface area contributed by atoms with Gasteiger partial charge in [-0.2, -0.15) is 0 Å². The number of amides is 2. The Morgan fingerprint density at radius 1 is 1.24 bits per heavy atom. The first kappa shape index (κ1) is 20.7. The number of benzene rings is 1. The second-order valence-electron chi connectivity index (χ2n) is 8.28. The molecule has 1 aliphatic carbocycles. The van der Waals surface area contributed by atoms with Crippen molar-refractivity contribution < 1.29 is 14.7 Å². The molecule has 2 saturated heterocycles. The number of nitrogens with one attached hydrogen (secondary N) is 2. The van der Waals surface area contributed by atoms with Gasteiger partial charge in [0.15, 0.2) is 6.35 Å². The maximum absolute atomic E-state index is 12.9. The quantitative estimate of drug-likeness (QED) is 0.651. The Balaban J connectivity index is 1.36. The molecule has 3 N–H and O–H groups in total. The second kappa shape index (κ2) is 7.95. The van der Waals surface area contributed by atoms with Crippen LogP contribution in [0.25, 0.3) is 0 Å². The zero-order valence-corrected chi connectivity index (χ0v) is 17.8. The molecule has 1 saturated carbocycles. The lowest BCUT2D eigenvalue weighted by atomic mass is 9.87. The van der Waals surface area contributed by atoms with Gasteiger partial charge in [0, 0.05) is 47.8 Å². The van der Waals surface area contributed by atoms with Gasteiger partial charge in [0.05, 0.1) is 0 Å². The van der Waals surface area contributed by atoms with Crippen molar-refractivity contribution >= 4 is 40.7 Å². The Bertz CT molecular complexity index is 799. The molecule has 2 aliphatic heterocycles. The van der Waals surface area contributed by atoms with Crippen LogP contribution in [0.3, 0.4) is 0 Å². The van der Waals surface area contributed by atoms with E-state index in [9.17, 15) is 14.7 Å². The summed E-state index contributed by atoms with van der Waals surface area (Å²) in [5.41, 5.74) is 0.135. The van der Waals surface area contributed by atoms with E-state index in [1.807, 2.05) is 17.0 Å². The second-order valence-corrected chi connectivity index (χ2v) is 9.15. The number of aliphatic hydroxyl groups excluding tert-OH is 1. The van der Waals surface area contributed by atoms with E-state index in [1.165, 1.54) is 0 Å². The van der Waals surface area contributed by atoms with Gasteiger partial charge in [-0.05, 0) is 50.3 Å². The average Bonchev–Trinajstić information content (AvgIpc) is 3.45. The van der Waals surface area contributed by atoms with Crippen molar-refractivity contribution in [2.45, 2.75) is 50.5 Å². The highest BCUT2D eigenvalue weighted by molar-refractivity contribution is 6.35. The Morgan fingerprint density at radius 2 is 1.93 bits per heavy atom. The minimum atomic E-state index is -1.04. The third-order valence-electron chi connectivity index (χ3n) is 6.23. The van der Waals surface area contributed by atoms with Crippen LogP contribution < -0.4 is 15.5 Å². The molecule has 0 spiro atoms. The summed E-state index contributed by atoms with van der Waals surface area (Å²) < 4.78 is 0. The maximum atomic E-state index is 12.9. The molecule has 2 heterocycles. The number of hydrogen-bond donors (Lipinski definition) is 3. The highest BCUT2D eigenvalue weighted by atomic mass is 35.5. The van der Waals surface area contributed by atoms with Crippen LogP contribution in [0.2, 0.25) is 10.0 Å². The van der Waals surface area contributed by atoms with Crippen molar-refractivity contribution in [3.05, 3.63) is 28.2 Å². The first-order valence-electron chi connectivity index (χ1n) is 10.1. The molecule has 1 unspecified atom stereocenters. The van der Waals surface area contributed by atoms with Crippen LogP contribution in [-0.4, -0.2) is 59.4 Å². The molecule has 0 bridgehead atoms. The predicted octanol–water partition coefficient (Wildman–Crippen LogP) is 1.95. The third-order valence-corrected chi connectivity index (χ3v) is 6.67. The number of carbonyl (C=O) groups excluding carboxylic acids is 2. The number of carbonyl (C=O) groups is 2. The van der Waals surface area contributed by atoms with Gasteiger partial charge in [0.2, 0.25) is 11.8 Å². The van der Waals surface area contributed by atoms with Crippen molar-refractivity contribution in [3.63, 3.8) is 0 Å². The summed E-state index contributed by atoms with van der Waals surface area (Å²) in [4.78, 5) is 29.3. The number of hydrogen-bond acceptors (Lipinski definition) is 5. The van der Waals surface area contributed by atoms with E-state index in [1.54, 1.807) is 6.07 Å². The van der Waals surface area contributed by atoms with E-state index in [-0.39, 0.29) is 30.2 Å². The summed E-state index contributed by atoms with van der Waals surface area (Å²) >= 11 is 12.3. The Kier molecular flexibility index (Phi) is 5.68. The molecular weight excluding hydrogens is 415 g/mol. The molecular formula is C20H26Cl2N4O3. The smallest absolute Gasteiger partial charge is 0.243 e. The monoisotopic (exact) mass is 440 g/mol. The number of piperazine rings is 1. The lowest BCUT2D eigenvalue weighted by Crippen LogP contribution is -2.55. The Morgan fingerprint density at radius 3 is 2.48 bits per heavy atom. The third kappa shape index (κ3) is 4.19. The van der Waals surface area contributed by atoms with Gasteiger partial charge < -0.3 is 20.2 Å². The van der Waals surface area contributed by atoms with E-state index in [0.29, 0.717) is 36.1 Å². The zero-order valence-electron chi connectivity index (χ0n) is 16.3. The molecule has 3 atom stereocenters. The fourth-order valence-corrected chi connectivity index (χ4v) is 5.12. The highest BCUT2D eigenvalue weighted by Crippen LogP contribution is 2.44. The topological polar surface area (TPSA) is 84.9 Å². The van der Waals surface area contributed by atoms with Crippen LogP contribution in [0, 0.1) is 5.92 Å². The minimum Gasteiger partial charge on any atom is -0.365 e. The van der Waals surface area contributed by atoms with Gasteiger partial charge in [-0.1, -0.05) is 23.2 Å². The van der Waals surface area contributed by atoms with Crippen LogP contribution in [-0.2, 0) is 9.59 Å². The summed E-state index contributed by atoms with van der Waals surface area (Å²) in [6.45, 7) is 3.96. The largest absolute Gasteiger partial charge is 0.365 e.